The Labute approximate surface area is 133 Å². The van der Waals surface area contributed by atoms with Crippen LogP contribution in [0, 0.1) is 0 Å². The first kappa shape index (κ1) is 16.3. The zero-order valence-electron chi connectivity index (χ0n) is 12.1. The molecule has 6 nitrogen and oxygen atoms in total. The first-order valence-electron chi connectivity index (χ1n) is 7.14. The molecule has 0 radical (unpaired) electrons. The standard InChI is InChI=1S/C15H18ClN3O3/c16-12-6-4-11(5-7-12)9-13(20)17-18-14(21)10-19-8-2-1-3-15(19)22/h4-7H,1-3,8-10H2,(H,17,20)(H,18,21). The van der Waals surface area contributed by atoms with E-state index in [0.29, 0.717) is 18.0 Å². The van der Waals surface area contributed by atoms with Gasteiger partial charge in [-0.3, -0.25) is 25.2 Å². The van der Waals surface area contributed by atoms with Gasteiger partial charge in [-0.25, -0.2) is 0 Å². The van der Waals surface area contributed by atoms with Crippen LogP contribution in [0.15, 0.2) is 24.3 Å². The molecule has 0 aromatic heterocycles. The quantitative estimate of drug-likeness (QED) is 0.813. The van der Waals surface area contributed by atoms with Crippen LogP contribution in [0.25, 0.3) is 0 Å². The number of nitrogens with one attached hydrogen (secondary N) is 2. The molecule has 0 aliphatic carbocycles. The maximum absolute atomic E-state index is 11.7. The van der Waals surface area contributed by atoms with E-state index >= 15 is 0 Å². The summed E-state index contributed by atoms with van der Waals surface area (Å²) in [7, 11) is 0. The lowest BCUT2D eigenvalue weighted by Gasteiger charge is -2.25. The summed E-state index contributed by atoms with van der Waals surface area (Å²) in [6, 6.07) is 6.89. The number of piperidine rings is 1. The molecule has 1 heterocycles. The highest BCUT2D eigenvalue weighted by Gasteiger charge is 2.20. The van der Waals surface area contributed by atoms with Gasteiger partial charge in [0, 0.05) is 18.0 Å². The van der Waals surface area contributed by atoms with Crippen molar-refractivity contribution in [3.63, 3.8) is 0 Å². The second-order valence-corrected chi connectivity index (χ2v) is 5.61. The largest absolute Gasteiger partial charge is 0.333 e. The van der Waals surface area contributed by atoms with E-state index in [1.165, 1.54) is 4.90 Å². The number of hydrogen-bond acceptors (Lipinski definition) is 3. The van der Waals surface area contributed by atoms with Crippen LogP contribution < -0.4 is 10.9 Å². The van der Waals surface area contributed by atoms with E-state index in [1.54, 1.807) is 24.3 Å². The van der Waals surface area contributed by atoms with Crippen LogP contribution in [0.2, 0.25) is 5.02 Å². The highest BCUT2D eigenvalue weighted by molar-refractivity contribution is 6.30. The lowest BCUT2D eigenvalue weighted by Crippen LogP contribution is -2.49. The summed E-state index contributed by atoms with van der Waals surface area (Å²) in [4.78, 5) is 36.5. The summed E-state index contributed by atoms with van der Waals surface area (Å²) in [6.07, 6.45) is 2.40. The lowest BCUT2D eigenvalue weighted by atomic mass is 10.1. The second kappa shape index (κ2) is 7.79. The van der Waals surface area contributed by atoms with Gasteiger partial charge in [0.25, 0.3) is 5.91 Å². The smallest absolute Gasteiger partial charge is 0.257 e. The zero-order chi connectivity index (χ0) is 15.9. The van der Waals surface area contributed by atoms with Gasteiger partial charge < -0.3 is 4.90 Å². The van der Waals surface area contributed by atoms with E-state index in [4.69, 9.17) is 11.6 Å². The van der Waals surface area contributed by atoms with Gasteiger partial charge in [-0.15, -0.1) is 0 Å². The van der Waals surface area contributed by atoms with Crippen molar-refractivity contribution in [3.8, 4) is 0 Å². The number of benzene rings is 1. The van der Waals surface area contributed by atoms with E-state index in [-0.39, 0.29) is 24.8 Å². The topological polar surface area (TPSA) is 78.5 Å². The van der Waals surface area contributed by atoms with Crippen molar-refractivity contribution >= 4 is 29.3 Å². The molecular formula is C15H18ClN3O3. The molecular weight excluding hydrogens is 306 g/mol. The molecule has 0 bridgehead atoms. The molecule has 1 aliphatic heterocycles. The van der Waals surface area contributed by atoms with E-state index < -0.39 is 5.91 Å². The molecule has 2 N–H and O–H groups in total. The molecule has 1 saturated heterocycles. The predicted octanol–water partition coefficient (Wildman–Crippen LogP) is 1.04. The summed E-state index contributed by atoms with van der Waals surface area (Å²) in [5.74, 6) is -0.755. The van der Waals surface area contributed by atoms with Crippen LogP contribution in [0.5, 0.6) is 0 Å². The number of likely N-dealkylation sites (tertiary alicyclic amines) is 1. The predicted molar refractivity (Wildman–Crippen MR) is 81.9 cm³/mol. The van der Waals surface area contributed by atoms with Crippen molar-refractivity contribution in [2.75, 3.05) is 13.1 Å². The molecule has 118 valence electrons. The SMILES string of the molecule is O=C(Cc1ccc(Cl)cc1)NNC(=O)CN1CCCCC1=O. The van der Waals surface area contributed by atoms with Crippen molar-refractivity contribution in [1.82, 2.24) is 15.8 Å². The minimum atomic E-state index is -0.403. The van der Waals surface area contributed by atoms with Crippen molar-refractivity contribution in [1.29, 1.82) is 0 Å². The summed E-state index contributed by atoms with van der Waals surface area (Å²) in [6.45, 7) is 0.561. The number of amides is 3. The van der Waals surface area contributed by atoms with Gasteiger partial charge in [-0.05, 0) is 30.5 Å². The average molecular weight is 324 g/mol. The number of halogens is 1. The summed E-state index contributed by atoms with van der Waals surface area (Å²) < 4.78 is 0. The normalized spacial score (nSPS) is 14.6. The Bertz CT molecular complexity index is 560. The van der Waals surface area contributed by atoms with Crippen molar-refractivity contribution in [2.45, 2.75) is 25.7 Å². The number of nitrogens with zero attached hydrogens (tertiary/aromatic N) is 1. The third kappa shape index (κ3) is 5.04. The Balaban J connectivity index is 1.72. The van der Waals surface area contributed by atoms with E-state index in [0.717, 1.165) is 18.4 Å². The monoisotopic (exact) mass is 323 g/mol. The first-order valence-corrected chi connectivity index (χ1v) is 7.52. The molecule has 7 heteroatoms. The van der Waals surface area contributed by atoms with Crippen LogP contribution in [0.1, 0.15) is 24.8 Å². The second-order valence-electron chi connectivity index (χ2n) is 5.17. The minimum Gasteiger partial charge on any atom is -0.333 e. The third-order valence-corrected chi connectivity index (χ3v) is 3.63. The maximum Gasteiger partial charge on any atom is 0.257 e. The molecule has 0 saturated carbocycles. The van der Waals surface area contributed by atoms with Gasteiger partial charge in [0.1, 0.15) is 6.54 Å². The number of hydrazine groups is 1. The number of carbonyl (C=O) groups excluding carboxylic acids is 3. The van der Waals surface area contributed by atoms with Crippen LogP contribution in [-0.2, 0) is 20.8 Å². The highest BCUT2D eigenvalue weighted by Crippen LogP contribution is 2.10. The Morgan fingerprint density at radius 2 is 1.77 bits per heavy atom. The molecule has 1 aliphatic rings. The molecule has 1 aromatic rings. The summed E-state index contributed by atoms with van der Waals surface area (Å²) in [5.41, 5.74) is 5.46. The van der Waals surface area contributed by atoms with Crippen LogP contribution in [-0.4, -0.2) is 35.7 Å². The van der Waals surface area contributed by atoms with Gasteiger partial charge >= 0.3 is 0 Å². The Hall–Kier alpha value is -2.08. The van der Waals surface area contributed by atoms with Gasteiger partial charge in [0.05, 0.1) is 6.42 Å². The molecule has 22 heavy (non-hydrogen) atoms. The molecule has 3 amide bonds. The van der Waals surface area contributed by atoms with Crippen LogP contribution in [0.4, 0.5) is 0 Å². The Morgan fingerprint density at radius 1 is 1.09 bits per heavy atom. The van der Waals surface area contributed by atoms with Crippen molar-refractivity contribution < 1.29 is 14.4 Å². The maximum atomic E-state index is 11.7. The molecule has 0 spiro atoms. The fourth-order valence-electron chi connectivity index (χ4n) is 2.21. The number of rotatable bonds is 4. The number of hydrogen-bond donors (Lipinski definition) is 2. The molecule has 2 rings (SSSR count). The van der Waals surface area contributed by atoms with Crippen LogP contribution in [0.3, 0.4) is 0 Å². The lowest BCUT2D eigenvalue weighted by molar-refractivity contribution is -0.138. The summed E-state index contributed by atoms with van der Waals surface area (Å²) >= 11 is 5.77. The molecule has 1 fully saturated rings. The third-order valence-electron chi connectivity index (χ3n) is 3.38. The van der Waals surface area contributed by atoms with Gasteiger partial charge in [-0.1, -0.05) is 23.7 Å². The van der Waals surface area contributed by atoms with Crippen molar-refractivity contribution in [2.24, 2.45) is 0 Å². The fourth-order valence-corrected chi connectivity index (χ4v) is 2.34. The highest BCUT2D eigenvalue weighted by atomic mass is 35.5. The molecule has 0 unspecified atom stereocenters. The number of carbonyl (C=O) groups is 3. The Morgan fingerprint density at radius 3 is 2.45 bits per heavy atom. The van der Waals surface area contributed by atoms with Gasteiger partial charge in [-0.2, -0.15) is 0 Å². The fraction of sp³-hybridized carbons (Fsp3) is 0.400. The van der Waals surface area contributed by atoms with Gasteiger partial charge in [0.2, 0.25) is 11.8 Å². The van der Waals surface area contributed by atoms with Crippen molar-refractivity contribution in [3.05, 3.63) is 34.9 Å². The van der Waals surface area contributed by atoms with Crippen LogP contribution >= 0.6 is 11.6 Å². The minimum absolute atomic E-state index is 0.0195. The Kier molecular flexibility index (Phi) is 5.77. The van der Waals surface area contributed by atoms with Gasteiger partial charge in [0.15, 0.2) is 0 Å². The first-order chi connectivity index (χ1) is 10.5. The molecule has 1 aromatic carbocycles. The molecule has 0 atom stereocenters. The van der Waals surface area contributed by atoms with E-state index in [1.807, 2.05) is 0 Å². The zero-order valence-corrected chi connectivity index (χ0v) is 12.9. The summed E-state index contributed by atoms with van der Waals surface area (Å²) in [5, 5.41) is 0.601. The van der Waals surface area contributed by atoms with E-state index in [2.05, 4.69) is 10.9 Å². The van der Waals surface area contributed by atoms with E-state index in [9.17, 15) is 14.4 Å². The average Bonchev–Trinajstić information content (AvgIpc) is 2.50.